The quantitative estimate of drug-likeness (QED) is 0.909. The number of benzene rings is 2. The van der Waals surface area contributed by atoms with Crippen molar-refractivity contribution in [1.29, 1.82) is 0 Å². The highest BCUT2D eigenvalue weighted by Gasteiger charge is 2.12. The molecule has 0 bridgehead atoms. The summed E-state index contributed by atoms with van der Waals surface area (Å²) in [6.45, 7) is 1.71. The molecule has 0 spiro atoms. The SMILES string of the molecule is Cc1ccc(C(=O)Nc2ccccc2F)cc1NS(C)(=O)=O. The van der Waals surface area contributed by atoms with E-state index >= 15 is 0 Å². The summed E-state index contributed by atoms with van der Waals surface area (Å²) in [5.41, 5.74) is 1.27. The predicted molar refractivity (Wildman–Crippen MR) is 84.0 cm³/mol. The van der Waals surface area contributed by atoms with Gasteiger partial charge in [-0.2, -0.15) is 0 Å². The topological polar surface area (TPSA) is 75.3 Å². The van der Waals surface area contributed by atoms with Crippen LogP contribution in [-0.2, 0) is 10.0 Å². The lowest BCUT2D eigenvalue weighted by Crippen LogP contribution is -2.15. The molecule has 0 saturated carbocycles. The molecule has 116 valence electrons. The fourth-order valence-electron chi connectivity index (χ4n) is 1.83. The lowest BCUT2D eigenvalue weighted by molar-refractivity contribution is 0.102. The van der Waals surface area contributed by atoms with Gasteiger partial charge in [-0.1, -0.05) is 18.2 Å². The Hall–Kier alpha value is -2.41. The Morgan fingerprint density at radius 1 is 1.09 bits per heavy atom. The maximum atomic E-state index is 13.5. The van der Waals surface area contributed by atoms with Crippen molar-refractivity contribution in [3.8, 4) is 0 Å². The number of nitrogens with one attached hydrogen (secondary N) is 2. The van der Waals surface area contributed by atoms with Gasteiger partial charge in [-0.15, -0.1) is 0 Å². The summed E-state index contributed by atoms with van der Waals surface area (Å²) in [5.74, 6) is -1.07. The predicted octanol–water partition coefficient (Wildman–Crippen LogP) is 2.76. The van der Waals surface area contributed by atoms with E-state index in [-0.39, 0.29) is 11.3 Å². The Morgan fingerprint density at radius 3 is 2.41 bits per heavy atom. The molecular weight excluding hydrogens is 307 g/mol. The summed E-state index contributed by atoms with van der Waals surface area (Å²) in [5, 5.41) is 2.44. The van der Waals surface area contributed by atoms with Gasteiger partial charge >= 0.3 is 0 Å². The minimum Gasteiger partial charge on any atom is -0.319 e. The van der Waals surface area contributed by atoms with Gasteiger partial charge in [-0.25, -0.2) is 12.8 Å². The monoisotopic (exact) mass is 322 g/mol. The summed E-state index contributed by atoms with van der Waals surface area (Å²) in [6, 6.07) is 10.4. The Balaban J connectivity index is 2.27. The van der Waals surface area contributed by atoms with Crippen LogP contribution < -0.4 is 10.0 Å². The fourth-order valence-corrected chi connectivity index (χ4v) is 2.45. The van der Waals surface area contributed by atoms with E-state index in [0.29, 0.717) is 11.3 Å². The molecule has 1 amide bonds. The van der Waals surface area contributed by atoms with Crippen LogP contribution in [0.4, 0.5) is 15.8 Å². The first-order chi connectivity index (χ1) is 10.3. The standard InChI is InChI=1S/C15H15FN2O3S/c1-10-7-8-11(9-14(10)18-22(2,20)21)15(19)17-13-6-4-3-5-12(13)16/h3-9,18H,1-2H3,(H,17,19). The summed E-state index contributed by atoms with van der Waals surface area (Å²) in [6.07, 6.45) is 1.03. The molecule has 0 aliphatic heterocycles. The lowest BCUT2D eigenvalue weighted by atomic mass is 10.1. The van der Waals surface area contributed by atoms with E-state index in [1.165, 1.54) is 24.3 Å². The van der Waals surface area contributed by atoms with Gasteiger partial charge in [0.1, 0.15) is 5.82 Å². The van der Waals surface area contributed by atoms with Crippen LogP contribution in [0.2, 0.25) is 0 Å². The highest BCUT2D eigenvalue weighted by molar-refractivity contribution is 7.92. The van der Waals surface area contributed by atoms with Crippen LogP contribution >= 0.6 is 0 Å². The second-order valence-electron chi connectivity index (χ2n) is 4.84. The maximum Gasteiger partial charge on any atom is 0.255 e. The molecule has 22 heavy (non-hydrogen) atoms. The van der Waals surface area contributed by atoms with Gasteiger partial charge in [0.05, 0.1) is 17.6 Å². The van der Waals surface area contributed by atoms with Crippen LogP contribution in [0.1, 0.15) is 15.9 Å². The first-order valence-electron chi connectivity index (χ1n) is 6.40. The van der Waals surface area contributed by atoms with Crippen molar-refractivity contribution in [2.75, 3.05) is 16.3 Å². The van der Waals surface area contributed by atoms with Crippen LogP contribution in [0.3, 0.4) is 0 Å². The summed E-state index contributed by atoms with van der Waals surface area (Å²) < 4.78 is 38.5. The second kappa shape index (κ2) is 6.15. The molecule has 0 aromatic heterocycles. The van der Waals surface area contributed by atoms with Gasteiger partial charge in [0.15, 0.2) is 0 Å². The smallest absolute Gasteiger partial charge is 0.255 e. The number of amides is 1. The zero-order valence-corrected chi connectivity index (χ0v) is 12.9. The molecule has 5 nitrogen and oxygen atoms in total. The number of hydrogen-bond donors (Lipinski definition) is 2. The van der Waals surface area contributed by atoms with Crippen molar-refractivity contribution < 1.29 is 17.6 Å². The van der Waals surface area contributed by atoms with E-state index in [1.807, 2.05) is 0 Å². The summed E-state index contributed by atoms with van der Waals surface area (Å²) in [7, 11) is -3.45. The molecule has 2 N–H and O–H groups in total. The van der Waals surface area contributed by atoms with Crippen LogP contribution in [0.25, 0.3) is 0 Å². The number of carbonyl (C=O) groups is 1. The van der Waals surface area contributed by atoms with Crippen LogP contribution in [0, 0.1) is 12.7 Å². The van der Waals surface area contributed by atoms with Crippen molar-refractivity contribution in [2.24, 2.45) is 0 Å². The number of anilines is 2. The van der Waals surface area contributed by atoms with E-state index < -0.39 is 21.7 Å². The lowest BCUT2D eigenvalue weighted by Gasteiger charge is -2.11. The first kappa shape index (κ1) is 16.0. The Bertz CT molecular complexity index is 819. The minimum atomic E-state index is -3.45. The largest absolute Gasteiger partial charge is 0.319 e. The molecule has 2 rings (SSSR count). The Labute approximate surface area is 128 Å². The van der Waals surface area contributed by atoms with Crippen molar-refractivity contribution in [3.05, 3.63) is 59.4 Å². The number of halogens is 1. The molecule has 0 aliphatic rings. The van der Waals surface area contributed by atoms with E-state index in [2.05, 4.69) is 10.0 Å². The molecule has 0 saturated heterocycles. The van der Waals surface area contributed by atoms with Crippen LogP contribution in [0.5, 0.6) is 0 Å². The highest BCUT2D eigenvalue weighted by atomic mass is 32.2. The highest BCUT2D eigenvalue weighted by Crippen LogP contribution is 2.20. The van der Waals surface area contributed by atoms with E-state index in [9.17, 15) is 17.6 Å². The Kier molecular flexibility index (Phi) is 4.46. The number of para-hydroxylation sites is 1. The van der Waals surface area contributed by atoms with E-state index in [1.54, 1.807) is 25.1 Å². The molecule has 7 heteroatoms. The molecule has 0 radical (unpaired) electrons. The van der Waals surface area contributed by atoms with Crippen molar-refractivity contribution in [1.82, 2.24) is 0 Å². The summed E-state index contributed by atoms with van der Waals surface area (Å²) >= 11 is 0. The number of sulfonamides is 1. The maximum absolute atomic E-state index is 13.5. The number of rotatable bonds is 4. The van der Waals surface area contributed by atoms with Gasteiger partial charge in [-0.05, 0) is 36.8 Å². The van der Waals surface area contributed by atoms with Gasteiger partial charge < -0.3 is 5.32 Å². The van der Waals surface area contributed by atoms with Crippen molar-refractivity contribution >= 4 is 27.3 Å². The molecule has 2 aromatic carbocycles. The average molecular weight is 322 g/mol. The zero-order valence-electron chi connectivity index (χ0n) is 12.1. The number of hydrogen-bond acceptors (Lipinski definition) is 3. The third-order valence-electron chi connectivity index (χ3n) is 2.92. The van der Waals surface area contributed by atoms with Gasteiger partial charge in [0.25, 0.3) is 5.91 Å². The van der Waals surface area contributed by atoms with Crippen LogP contribution in [0.15, 0.2) is 42.5 Å². The first-order valence-corrected chi connectivity index (χ1v) is 8.30. The second-order valence-corrected chi connectivity index (χ2v) is 6.59. The fraction of sp³-hybridized carbons (Fsp3) is 0.133. The van der Waals surface area contributed by atoms with E-state index in [0.717, 1.165) is 6.26 Å². The number of aryl methyl sites for hydroxylation is 1. The van der Waals surface area contributed by atoms with Gasteiger partial charge in [0, 0.05) is 5.56 Å². The molecular formula is C15H15FN2O3S. The number of carbonyl (C=O) groups excluding carboxylic acids is 1. The molecule has 0 heterocycles. The molecule has 0 fully saturated rings. The normalized spacial score (nSPS) is 11.0. The molecule has 0 atom stereocenters. The average Bonchev–Trinajstić information content (AvgIpc) is 2.42. The van der Waals surface area contributed by atoms with Gasteiger partial charge in [0.2, 0.25) is 10.0 Å². The van der Waals surface area contributed by atoms with E-state index in [4.69, 9.17) is 0 Å². The molecule has 0 unspecified atom stereocenters. The minimum absolute atomic E-state index is 0.0608. The third kappa shape index (κ3) is 4.05. The van der Waals surface area contributed by atoms with Crippen molar-refractivity contribution in [3.63, 3.8) is 0 Å². The van der Waals surface area contributed by atoms with Crippen molar-refractivity contribution in [2.45, 2.75) is 6.92 Å². The van der Waals surface area contributed by atoms with Crippen LogP contribution in [-0.4, -0.2) is 20.6 Å². The third-order valence-corrected chi connectivity index (χ3v) is 3.51. The molecule has 2 aromatic rings. The molecule has 0 aliphatic carbocycles. The Morgan fingerprint density at radius 2 is 1.77 bits per heavy atom. The summed E-state index contributed by atoms with van der Waals surface area (Å²) in [4.78, 5) is 12.1. The van der Waals surface area contributed by atoms with Gasteiger partial charge in [-0.3, -0.25) is 9.52 Å². The zero-order chi connectivity index (χ0) is 16.3.